The van der Waals surface area contributed by atoms with Gasteiger partial charge < -0.3 is 0 Å². The van der Waals surface area contributed by atoms with Crippen molar-refractivity contribution < 1.29 is 0 Å². The van der Waals surface area contributed by atoms with E-state index in [4.69, 9.17) is 0 Å². The summed E-state index contributed by atoms with van der Waals surface area (Å²) in [5.74, 6) is 3.37. The number of aryl methyl sites for hydroxylation is 1. The van der Waals surface area contributed by atoms with Gasteiger partial charge in [0.05, 0.1) is 0 Å². The second-order valence-electron chi connectivity index (χ2n) is 5.62. The third kappa shape index (κ3) is 2.99. The number of benzene rings is 1. The zero-order valence-corrected chi connectivity index (χ0v) is 12.6. The molecule has 16 heavy (non-hydrogen) atoms. The summed E-state index contributed by atoms with van der Waals surface area (Å²) < 4.78 is 0. The molecule has 1 aromatic rings. The first-order valence-corrected chi connectivity index (χ1v) is 9.33. The van der Waals surface area contributed by atoms with Crippen molar-refractivity contribution in [2.24, 2.45) is 0 Å². The summed E-state index contributed by atoms with van der Waals surface area (Å²) in [6.45, 7) is 15.6. The van der Waals surface area contributed by atoms with E-state index in [0.717, 1.165) is 0 Å². The van der Waals surface area contributed by atoms with Gasteiger partial charge in [-0.3, -0.25) is 0 Å². The maximum atomic E-state index is 3.44. The van der Waals surface area contributed by atoms with Crippen LogP contribution in [0.5, 0.6) is 0 Å². The molecule has 0 nitrogen and oxygen atoms in total. The molecule has 1 aromatic carbocycles. The molecule has 0 bridgehead atoms. The number of hydrogen-bond acceptors (Lipinski definition) is 0. The Morgan fingerprint density at radius 3 is 1.94 bits per heavy atom. The average Bonchev–Trinajstić information content (AvgIpc) is 2.17. The second-order valence-corrected chi connectivity index (χ2v) is 10.4. The van der Waals surface area contributed by atoms with Crippen LogP contribution in [0.4, 0.5) is 0 Å². The van der Waals surface area contributed by atoms with Crippen LogP contribution in [-0.4, -0.2) is 8.07 Å². The first-order chi connectivity index (χ1) is 7.22. The van der Waals surface area contributed by atoms with Gasteiger partial charge in [-0.05, 0) is 56.0 Å². The van der Waals surface area contributed by atoms with Crippen molar-refractivity contribution in [1.29, 1.82) is 0 Å². The van der Waals surface area contributed by atoms with Gasteiger partial charge in [-0.1, -0.05) is 25.6 Å². The van der Waals surface area contributed by atoms with E-state index in [0.29, 0.717) is 0 Å². The zero-order valence-electron chi connectivity index (χ0n) is 11.6. The Morgan fingerprint density at radius 1 is 0.875 bits per heavy atom. The molecule has 0 heterocycles. The lowest BCUT2D eigenvalue weighted by Gasteiger charge is -2.11. The van der Waals surface area contributed by atoms with Crippen LogP contribution in [0.1, 0.15) is 27.8 Å². The molecule has 0 aliphatic heterocycles. The van der Waals surface area contributed by atoms with Crippen LogP contribution in [0.25, 0.3) is 0 Å². The number of rotatable bonds is 0. The minimum atomic E-state index is -1.27. The first-order valence-electron chi connectivity index (χ1n) is 5.83. The Labute approximate surface area is 101 Å². The molecule has 0 fully saturated rings. The van der Waals surface area contributed by atoms with Crippen LogP contribution >= 0.6 is 0 Å². The van der Waals surface area contributed by atoms with E-state index in [-0.39, 0.29) is 0 Å². The molecule has 0 atom stereocenters. The van der Waals surface area contributed by atoms with Crippen LogP contribution in [0.3, 0.4) is 0 Å². The monoisotopic (exact) mass is 230 g/mol. The van der Waals surface area contributed by atoms with Gasteiger partial charge in [-0.2, -0.15) is 0 Å². The molecule has 0 aliphatic carbocycles. The van der Waals surface area contributed by atoms with Gasteiger partial charge in [-0.15, -0.1) is 5.54 Å². The molecule has 0 amide bonds. The van der Waals surface area contributed by atoms with Gasteiger partial charge in [-0.25, -0.2) is 0 Å². The van der Waals surface area contributed by atoms with Crippen LogP contribution < -0.4 is 0 Å². The molecule has 0 saturated heterocycles. The Bertz CT molecular complexity index is 465. The number of hydrogen-bond donors (Lipinski definition) is 0. The van der Waals surface area contributed by atoms with Gasteiger partial charge in [0.2, 0.25) is 0 Å². The molecule has 1 heteroatoms. The third-order valence-corrected chi connectivity index (χ3v) is 3.93. The smallest absolute Gasteiger partial charge is 0.127 e. The molecular formula is C15H22Si. The Hall–Kier alpha value is -1.00. The summed E-state index contributed by atoms with van der Waals surface area (Å²) in [7, 11) is -1.27. The van der Waals surface area contributed by atoms with Crippen molar-refractivity contribution >= 4 is 8.07 Å². The minimum absolute atomic E-state index is 1.21. The third-order valence-electron chi connectivity index (χ3n) is 3.05. The zero-order chi connectivity index (χ0) is 12.5. The van der Waals surface area contributed by atoms with E-state index in [1.165, 1.54) is 27.8 Å². The van der Waals surface area contributed by atoms with Crippen LogP contribution in [0.15, 0.2) is 6.07 Å². The highest BCUT2D eigenvalue weighted by Crippen LogP contribution is 2.20. The quantitative estimate of drug-likeness (QED) is 0.464. The topological polar surface area (TPSA) is 0 Å². The average molecular weight is 230 g/mol. The summed E-state index contributed by atoms with van der Waals surface area (Å²) in [4.78, 5) is 0. The molecule has 0 unspecified atom stereocenters. The van der Waals surface area contributed by atoms with Gasteiger partial charge in [0.15, 0.2) is 0 Å². The summed E-state index contributed by atoms with van der Waals surface area (Å²) in [5.41, 5.74) is 10.1. The maximum absolute atomic E-state index is 3.44. The van der Waals surface area contributed by atoms with Crippen LogP contribution in [0.2, 0.25) is 19.6 Å². The van der Waals surface area contributed by atoms with E-state index < -0.39 is 8.07 Å². The predicted octanol–water partition coefficient (Wildman–Crippen LogP) is 4.15. The molecule has 0 aliphatic rings. The van der Waals surface area contributed by atoms with Crippen molar-refractivity contribution in [1.82, 2.24) is 0 Å². The van der Waals surface area contributed by atoms with Gasteiger partial charge in [0.25, 0.3) is 0 Å². The Kier molecular flexibility index (Phi) is 3.65. The molecule has 86 valence electrons. The normalized spacial score (nSPS) is 10.9. The predicted molar refractivity (Wildman–Crippen MR) is 75.6 cm³/mol. The van der Waals surface area contributed by atoms with E-state index in [1.807, 2.05) is 0 Å². The Morgan fingerprint density at radius 2 is 1.44 bits per heavy atom. The summed E-state index contributed by atoms with van der Waals surface area (Å²) in [5, 5.41) is 0. The molecule has 0 radical (unpaired) electrons. The highest BCUT2D eigenvalue weighted by atomic mass is 28.3. The molecule has 1 rings (SSSR count). The van der Waals surface area contributed by atoms with Gasteiger partial charge >= 0.3 is 0 Å². The summed E-state index contributed by atoms with van der Waals surface area (Å²) in [6.07, 6.45) is 0. The molecule has 0 N–H and O–H groups in total. The summed E-state index contributed by atoms with van der Waals surface area (Å²) >= 11 is 0. The van der Waals surface area contributed by atoms with Crippen LogP contribution in [-0.2, 0) is 0 Å². The molecular weight excluding hydrogens is 208 g/mol. The Balaban J connectivity index is 3.31. The van der Waals surface area contributed by atoms with Crippen molar-refractivity contribution in [3.8, 4) is 11.5 Å². The lowest BCUT2D eigenvalue weighted by Crippen LogP contribution is -2.16. The fourth-order valence-corrected chi connectivity index (χ4v) is 2.11. The molecule has 0 spiro atoms. The molecule has 0 saturated carbocycles. The van der Waals surface area contributed by atoms with E-state index >= 15 is 0 Å². The lowest BCUT2D eigenvalue weighted by atomic mass is 9.95. The standard InChI is InChI=1S/C15H22Si/c1-11-10-15(8-9-16(5,6)7)14(4)13(3)12(11)2/h10H,1-7H3. The lowest BCUT2D eigenvalue weighted by molar-refractivity contribution is 1.20. The minimum Gasteiger partial charge on any atom is -0.127 e. The van der Waals surface area contributed by atoms with Gasteiger partial charge in [0.1, 0.15) is 8.07 Å². The maximum Gasteiger partial charge on any atom is 0.129 e. The SMILES string of the molecule is Cc1cc(C#C[Si](C)(C)C)c(C)c(C)c1C. The van der Waals surface area contributed by atoms with Crippen molar-refractivity contribution in [3.05, 3.63) is 33.9 Å². The highest BCUT2D eigenvalue weighted by molar-refractivity contribution is 6.83. The molecule has 0 aromatic heterocycles. The van der Waals surface area contributed by atoms with E-state index in [2.05, 4.69) is 64.9 Å². The van der Waals surface area contributed by atoms with Crippen molar-refractivity contribution in [2.75, 3.05) is 0 Å². The van der Waals surface area contributed by atoms with E-state index in [1.54, 1.807) is 0 Å². The first kappa shape index (κ1) is 13.1. The second kappa shape index (κ2) is 4.47. The fourth-order valence-electron chi connectivity index (χ4n) is 1.60. The largest absolute Gasteiger partial charge is 0.129 e. The summed E-state index contributed by atoms with van der Waals surface area (Å²) in [6, 6.07) is 2.23. The van der Waals surface area contributed by atoms with E-state index in [9.17, 15) is 0 Å². The van der Waals surface area contributed by atoms with Crippen molar-refractivity contribution in [3.63, 3.8) is 0 Å². The fraction of sp³-hybridized carbons (Fsp3) is 0.467. The van der Waals surface area contributed by atoms with Crippen molar-refractivity contribution in [2.45, 2.75) is 47.3 Å². The highest BCUT2D eigenvalue weighted by Gasteiger charge is 2.09. The van der Waals surface area contributed by atoms with Gasteiger partial charge in [0, 0.05) is 5.56 Å². The van der Waals surface area contributed by atoms with Crippen LogP contribution in [0, 0.1) is 39.2 Å².